The lowest BCUT2D eigenvalue weighted by atomic mass is 9.94. The molecule has 2 aliphatic heterocycles. The van der Waals surface area contributed by atoms with Crippen molar-refractivity contribution in [3.05, 3.63) is 0 Å². The molecule has 0 spiro atoms. The van der Waals surface area contributed by atoms with Crippen molar-refractivity contribution in [1.82, 2.24) is 9.80 Å². The van der Waals surface area contributed by atoms with E-state index in [0.29, 0.717) is 0 Å². The van der Waals surface area contributed by atoms with Crippen molar-refractivity contribution in [2.45, 2.75) is 45.1 Å². The fraction of sp³-hybridized carbons (Fsp3) is 1.00. The fourth-order valence-electron chi connectivity index (χ4n) is 3.37. The summed E-state index contributed by atoms with van der Waals surface area (Å²) in [4.78, 5) is 5.35. The summed E-state index contributed by atoms with van der Waals surface area (Å²) in [5, 5.41) is 0. The molecule has 0 aliphatic carbocycles. The highest BCUT2D eigenvalue weighted by molar-refractivity contribution is 4.81. The molecule has 1 atom stereocenters. The second kappa shape index (κ2) is 6.72. The van der Waals surface area contributed by atoms with Crippen LogP contribution in [0.3, 0.4) is 0 Å². The van der Waals surface area contributed by atoms with E-state index in [-0.39, 0.29) is 0 Å². The quantitative estimate of drug-likeness (QED) is 0.811. The molecule has 0 aromatic rings. The first-order chi connectivity index (χ1) is 8.33. The van der Waals surface area contributed by atoms with Gasteiger partial charge in [0.15, 0.2) is 0 Å². The first kappa shape index (κ1) is 13.3. The number of likely N-dealkylation sites (tertiary alicyclic amines) is 2. The first-order valence-electron chi connectivity index (χ1n) is 7.50. The van der Waals surface area contributed by atoms with Crippen molar-refractivity contribution in [2.24, 2.45) is 11.7 Å². The zero-order valence-corrected chi connectivity index (χ0v) is 11.4. The van der Waals surface area contributed by atoms with Gasteiger partial charge in [0.25, 0.3) is 0 Å². The lowest BCUT2D eigenvalue weighted by Crippen LogP contribution is -2.43. The van der Waals surface area contributed by atoms with Crippen LogP contribution in [0.2, 0.25) is 0 Å². The third kappa shape index (κ3) is 3.67. The van der Waals surface area contributed by atoms with E-state index in [9.17, 15) is 0 Å². The van der Waals surface area contributed by atoms with Crippen LogP contribution in [0, 0.1) is 5.92 Å². The summed E-state index contributed by atoms with van der Waals surface area (Å²) in [6.45, 7) is 9.60. The van der Waals surface area contributed by atoms with Gasteiger partial charge in [-0.3, -0.25) is 0 Å². The highest BCUT2D eigenvalue weighted by Crippen LogP contribution is 2.23. The molecule has 0 amide bonds. The van der Waals surface area contributed by atoms with Crippen LogP contribution in [0.1, 0.15) is 39.0 Å². The maximum Gasteiger partial charge on any atom is 0.0108 e. The van der Waals surface area contributed by atoms with Gasteiger partial charge in [0.1, 0.15) is 0 Å². The Morgan fingerprint density at radius 2 is 1.76 bits per heavy atom. The second-order valence-electron chi connectivity index (χ2n) is 5.73. The molecule has 0 radical (unpaired) electrons. The molecule has 0 bridgehead atoms. The standard InChI is InChI=1S/C14H29N3/c1-2-16-8-3-4-14(7-9-16)17-10-5-13(12-15)6-11-17/h13-14H,2-12,15H2,1H3. The molecule has 1 unspecified atom stereocenters. The maximum absolute atomic E-state index is 5.76. The highest BCUT2D eigenvalue weighted by Gasteiger charge is 2.25. The van der Waals surface area contributed by atoms with Crippen LogP contribution in [-0.2, 0) is 0 Å². The summed E-state index contributed by atoms with van der Waals surface area (Å²) >= 11 is 0. The monoisotopic (exact) mass is 239 g/mol. The molecular formula is C14H29N3. The minimum absolute atomic E-state index is 0.796. The lowest BCUT2D eigenvalue weighted by Gasteiger charge is -2.37. The van der Waals surface area contributed by atoms with Crippen molar-refractivity contribution >= 4 is 0 Å². The van der Waals surface area contributed by atoms with Crippen LogP contribution in [-0.4, -0.2) is 55.1 Å². The Hall–Kier alpha value is -0.120. The Balaban J connectivity index is 1.78. The van der Waals surface area contributed by atoms with Gasteiger partial charge in [-0.2, -0.15) is 0 Å². The Kier molecular flexibility index (Phi) is 5.26. The van der Waals surface area contributed by atoms with Gasteiger partial charge >= 0.3 is 0 Å². The van der Waals surface area contributed by atoms with Crippen molar-refractivity contribution in [3.8, 4) is 0 Å². The van der Waals surface area contributed by atoms with Gasteiger partial charge in [-0.15, -0.1) is 0 Å². The molecule has 3 nitrogen and oxygen atoms in total. The predicted molar refractivity (Wildman–Crippen MR) is 73.1 cm³/mol. The van der Waals surface area contributed by atoms with Crippen molar-refractivity contribution in [3.63, 3.8) is 0 Å². The van der Waals surface area contributed by atoms with Crippen LogP contribution < -0.4 is 5.73 Å². The SMILES string of the molecule is CCN1CCCC(N2CCC(CN)CC2)CC1. The molecule has 2 rings (SSSR count). The number of hydrogen-bond donors (Lipinski definition) is 1. The van der Waals surface area contributed by atoms with Gasteiger partial charge in [-0.1, -0.05) is 6.92 Å². The molecule has 2 N–H and O–H groups in total. The molecule has 3 heteroatoms. The van der Waals surface area contributed by atoms with Crippen LogP contribution in [0.25, 0.3) is 0 Å². The smallest absolute Gasteiger partial charge is 0.0108 e. The summed E-state index contributed by atoms with van der Waals surface area (Å²) in [5.74, 6) is 0.796. The largest absolute Gasteiger partial charge is 0.330 e. The third-order valence-corrected chi connectivity index (χ3v) is 4.74. The van der Waals surface area contributed by atoms with Crippen LogP contribution in [0.15, 0.2) is 0 Å². The van der Waals surface area contributed by atoms with E-state index in [1.165, 1.54) is 64.8 Å². The number of piperidine rings is 1. The van der Waals surface area contributed by atoms with Crippen molar-refractivity contribution < 1.29 is 0 Å². The molecule has 0 aromatic heterocycles. The predicted octanol–water partition coefficient (Wildman–Crippen LogP) is 1.53. The van der Waals surface area contributed by atoms with E-state index in [2.05, 4.69) is 16.7 Å². The molecule has 2 saturated heterocycles. The number of rotatable bonds is 3. The summed E-state index contributed by atoms with van der Waals surface area (Å²) < 4.78 is 0. The Bertz CT molecular complexity index is 212. The van der Waals surface area contributed by atoms with Gasteiger partial charge in [-0.25, -0.2) is 0 Å². The summed E-state index contributed by atoms with van der Waals surface area (Å²) in [6, 6.07) is 0.852. The molecule has 2 fully saturated rings. The van der Waals surface area contributed by atoms with Gasteiger partial charge in [0, 0.05) is 6.04 Å². The van der Waals surface area contributed by atoms with E-state index in [0.717, 1.165) is 18.5 Å². The fourth-order valence-corrected chi connectivity index (χ4v) is 3.37. The van der Waals surface area contributed by atoms with Crippen molar-refractivity contribution in [2.75, 3.05) is 39.3 Å². The van der Waals surface area contributed by atoms with E-state index in [4.69, 9.17) is 5.73 Å². The minimum Gasteiger partial charge on any atom is -0.330 e. The summed E-state index contributed by atoms with van der Waals surface area (Å²) in [6.07, 6.45) is 6.81. The van der Waals surface area contributed by atoms with E-state index < -0.39 is 0 Å². The molecular weight excluding hydrogens is 210 g/mol. The van der Waals surface area contributed by atoms with Gasteiger partial charge < -0.3 is 15.5 Å². The van der Waals surface area contributed by atoms with Crippen molar-refractivity contribution in [1.29, 1.82) is 0 Å². The number of hydrogen-bond acceptors (Lipinski definition) is 3. The van der Waals surface area contributed by atoms with Gasteiger partial charge in [-0.05, 0) is 77.3 Å². The summed E-state index contributed by atoms with van der Waals surface area (Å²) in [5.41, 5.74) is 5.76. The van der Waals surface area contributed by atoms with Crippen LogP contribution >= 0.6 is 0 Å². The zero-order chi connectivity index (χ0) is 12.1. The first-order valence-corrected chi connectivity index (χ1v) is 7.50. The van der Waals surface area contributed by atoms with Gasteiger partial charge in [0.2, 0.25) is 0 Å². The van der Waals surface area contributed by atoms with E-state index in [1.807, 2.05) is 0 Å². The Labute approximate surface area is 106 Å². The van der Waals surface area contributed by atoms with E-state index in [1.54, 1.807) is 0 Å². The molecule has 0 saturated carbocycles. The normalized spacial score (nSPS) is 30.4. The minimum atomic E-state index is 0.796. The number of nitrogens with two attached hydrogens (primary N) is 1. The van der Waals surface area contributed by atoms with Crippen LogP contribution in [0.4, 0.5) is 0 Å². The molecule has 100 valence electrons. The van der Waals surface area contributed by atoms with Crippen LogP contribution in [0.5, 0.6) is 0 Å². The highest BCUT2D eigenvalue weighted by atomic mass is 15.2. The maximum atomic E-state index is 5.76. The average Bonchev–Trinajstić information content (AvgIpc) is 2.64. The molecule has 2 heterocycles. The average molecular weight is 239 g/mol. The molecule has 2 aliphatic rings. The lowest BCUT2D eigenvalue weighted by molar-refractivity contribution is 0.123. The van der Waals surface area contributed by atoms with E-state index >= 15 is 0 Å². The topological polar surface area (TPSA) is 32.5 Å². The number of nitrogens with zero attached hydrogens (tertiary/aromatic N) is 2. The Morgan fingerprint density at radius 3 is 2.41 bits per heavy atom. The molecule has 0 aromatic carbocycles. The zero-order valence-electron chi connectivity index (χ0n) is 11.4. The Morgan fingerprint density at radius 1 is 1.00 bits per heavy atom. The molecule has 17 heavy (non-hydrogen) atoms. The van der Waals surface area contributed by atoms with Gasteiger partial charge in [0.05, 0.1) is 0 Å². The third-order valence-electron chi connectivity index (χ3n) is 4.74. The summed E-state index contributed by atoms with van der Waals surface area (Å²) in [7, 11) is 0. The second-order valence-corrected chi connectivity index (χ2v) is 5.73.